The van der Waals surface area contributed by atoms with Crippen molar-refractivity contribution in [3.8, 4) is 17.3 Å². The van der Waals surface area contributed by atoms with E-state index < -0.39 is 0 Å². The molecule has 0 aliphatic carbocycles. The number of nitrogens with zero attached hydrogens (tertiary/aromatic N) is 5. The molecule has 1 aliphatic heterocycles. The van der Waals surface area contributed by atoms with E-state index in [1.165, 1.54) is 24.3 Å². The van der Waals surface area contributed by atoms with Gasteiger partial charge in [-0.1, -0.05) is 32.4 Å². The van der Waals surface area contributed by atoms with Crippen LogP contribution in [-0.4, -0.2) is 43.0 Å². The average Bonchev–Trinajstić information content (AvgIpc) is 3.36. The van der Waals surface area contributed by atoms with E-state index in [2.05, 4.69) is 52.8 Å². The molecular formula is C22H31ClN6O2S. The summed E-state index contributed by atoms with van der Waals surface area (Å²) in [5, 5.41) is 7.90. The second-order valence-electron chi connectivity index (χ2n) is 9.35. The number of imidazole rings is 1. The third kappa shape index (κ3) is 4.55. The summed E-state index contributed by atoms with van der Waals surface area (Å²) in [6, 6.07) is 0. The largest absolute Gasteiger partial charge is 0.490 e. The lowest BCUT2D eigenvalue weighted by Crippen LogP contribution is -2.32. The lowest BCUT2D eigenvalue weighted by atomic mass is 9.69. The van der Waals surface area contributed by atoms with Crippen LogP contribution in [0.4, 0.5) is 5.82 Å². The standard InChI is InChI=1S/C22H31ClN6O2S/c1-5-29-18-15(30-9-6-14(22(2,3)4)13-7-10-32-11-8-13)12-25-19(23)16(18)26-21(29)17-20(24)28-31-27-17/h12-14H,5-11H2,1-4H3,(H2,24,28). The zero-order valence-corrected chi connectivity index (χ0v) is 20.7. The molecule has 1 fully saturated rings. The molecule has 0 aromatic carbocycles. The molecule has 1 aliphatic rings. The molecule has 174 valence electrons. The molecule has 1 saturated heterocycles. The van der Waals surface area contributed by atoms with Crippen molar-refractivity contribution in [1.82, 2.24) is 24.8 Å². The fourth-order valence-corrected chi connectivity index (χ4v) is 6.14. The first kappa shape index (κ1) is 23.2. The summed E-state index contributed by atoms with van der Waals surface area (Å²) in [6.07, 6.45) is 5.25. The number of aryl methyl sites for hydroxylation is 1. The highest BCUT2D eigenvalue weighted by Crippen LogP contribution is 2.41. The van der Waals surface area contributed by atoms with E-state index in [1.54, 1.807) is 6.20 Å². The van der Waals surface area contributed by atoms with Crippen LogP contribution in [0.15, 0.2) is 10.8 Å². The van der Waals surface area contributed by atoms with Crippen LogP contribution in [0.5, 0.6) is 5.75 Å². The first-order chi connectivity index (χ1) is 15.3. The number of thioether (sulfide) groups is 1. The maximum atomic E-state index is 6.38. The summed E-state index contributed by atoms with van der Waals surface area (Å²) in [7, 11) is 0. The first-order valence-corrected chi connectivity index (χ1v) is 12.7. The SMILES string of the molecule is CCn1c(-c2nonc2N)nc2c(Cl)ncc(OCCC(C3CCSCC3)C(C)(C)C)c21. The lowest BCUT2D eigenvalue weighted by molar-refractivity contribution is 0.115. The molecule has 4 heterocycles. The molecular weight excluding hydrogens is 448 g/mol. The van der Waals surface area contributed by atoms with Gasteiger partial charge in [0.15, 0.2) is 28.2 Å². The third-order valence-electron chi connectivity index (χ3n) is 6.37. The van der Waals surface area contributed by atoms with Crippen LogP contribution in [0.2, 0.25) is 5.15 Å². The molecule has 8 nitrogen and oxygen atoms in total. The van der Waals surface area contributed by atoms with Gasteiger partial charge in [-0.05, 0) is 65.3 Å². The Kier molecular flexibility index (Phi) is 6.86. The maximum absolute atomic E-state index is 6.38. The summed E-state index contributed by atoms with van der Waals surface area (Å²) in [4.78, 5) is 8.95. The zero-order chi connectivity index (χ0) is 22.9. The topological polar surface area (TPSA) is 105 Å². The number of nitrogens with two attached hydrogens (primary N) is 1. The molecule has 3 aromatic rings. The van der Waals surface area contributed by atoms with Gasteiger partial charge in [-0.25, -0.2) is 14.6 Å². The summed E-state index contributed by atoms with van der Waals surface area (Å²) in [5.41, 5.74) is 7.87. The number of hydrogen-bond acceptors (Lipinski definition) is 8. The first-order valence-electron chi connectivity index (χ1n) is 11.1. The minimum atomic E-state index is 0.181. The Morgan fingerprint density at radius 1 is 1.31 bits per heavy atom. The summed E-state index contributed by atoms with van der Waals surface area (Å²) in [6.45, 7) is 10.3. The van der Waals surface area contributed by atoms with Crippen molar-refractivity contribution in [1.29, 1.82) is 0 Å². The Bertz CT molecular complexity index is 1070. The molecule has 0 amide bonds. The second kappa shape index (κ2) is 9.47. The minimum absolute atomic E-state index is 0.181. The van der Waals surface area contributed by atoms with Crippen molar-refractivity contribution in [2.75, 3.05) is 23.8 Å². The Hall–Kier alpha value is -2.00. The number of anilines is 1. The Morgan fingerprint density at radius 2 is 2.06 bits per heavy atom. The zero-order valence-electron chi connectivity index (χ0n) is 19.1. The Morgan fingerprint density at radius 3 is 2.69 bits per heavy atom. The van der Waals surface area contributed by atoms with Gasteiger partial charge in [0, 0.05) is 6.54 Å². The molecule has 32 heavy (non-hydrogen) atoms. The van der Waals surface area contributed by atoms with Crippen molar-refractivity contribution in [3.05, 3.63) is 11.3 Å². The highest BCUT2D eigenvalue weighted by molar-refractivity contribution is 7.99. The fourth-order valence-electron chi connectivity index (χ4n) is 4.82. The fraction of sp³-hybridized carbons (Fsp3) is 0.636. The van der Waals surface area contributed by atoms with E-state index in [1.807, 2.05) is 11.5 Å². The molecule has 3 aromatic heterocycles. The summed E-state index contributed by atoms with van der Waals surface area (Å²) >= 11 is 8.45. The third-order valence-corrected chi connectivity index (χ3v) is 7.69. The average molecular weight is 479 g/mol. The van der Waals surface area contributed by atoms with Crippen LogP contribution in [0.3, 0.4) is 0 Å². The van der Waals surface area contributed by atoms with Gasteiger partial charge in [-0.2, -0.15) is 11.8 Å². The van der Waals surface area contributed by atoms with Crippen LogP contribution < -0.4 is 10.5 Å². The van der Waals surface area contributed by atoms with Crippen molar-refractivity contribution < 1.29 is 9.37 Å². The quantitative estimate of drug-likeness (QED) is 0.455. The predicted molar refractivity (Wildman–Crippen MR) is 129 cm³/mol. The number of fused-ring (bicyclic) bond motifs is 1. The van der Waals surface area contributed by atoms with Crippen molar-refractivity contribution in [2.45, 2.75) is 53.5 Å². The van der Waals surface area contributed by atoms with Gasteiger partial charge in [-0.3, -0.25) is 0 Å². The van der Waals surface area contributed by atoms with E-state index in [4.69, 9.17) is 26.7 Å². The highest BCUT2D eigenvalue weighted by Gasteiger charge is 2.33. The van der Waals surface area contributed by atoms with E-state index >= 15 is 0 Å². The normalized spacial score (nSPS) is 16.5. The summed E-state index contributed by atoms with van der Waals surface area (Å²) in [5.74, 6) is 5.25. The van der Waals surface area contributed by atoms with Gasteiger partial charge >= 0.3 is 0 Å². The van der Waals surface area contributed by atoms with Gasteiger partial charge in [0.25, 0.3) is 0 Å². The number of hydrogen-bond donors (Lipinski definition) is 1. The molecule has 1 atom stereocenters. The Balaban J connectivity index is 1.61. The van der Waals surface area contributed by atoms with E-state index in [0.29, 0.717) is 47.0 Å². The summed E-state index contributed by atoms with van der Waals surface area (Å²) < 4.78 is 13.1. The van der Waals surface area contributed by atoms with Crippen LogP contribution in [-0.2, 0) is 6.54 Å². The Labute approximate surface area is 197 Å². The number of rotatable bonds is 7. The van der Waals surface area contributed by atoms with Crippen molar-refractivity contribution >= 4 is 40.2 Å². The molecule has 2 N–H and O–H groups in total. The number of halogens is 1. The van der Waals surface area contributed by atoms with Crippen LogP contribution in [0, 0.1) is 17.3 Å². The molecule has 1 unspecified atom stereocenters. The molecule has 0 saturated carbocycles. The monoisotopic (exact) mass is 478 g/mol. The van der Waals surface area contributed by atoms with E-state index in [-0.39, 0.29) is 11.2 Å². The van der Waals surface area contributed by atoms with Gasteiger partial charge in [-0.15, -0.1) is 0 Å². The number of pyridine rings is 1. The van der Waals surface area contributed by atoms with Crippen LogP contribution in [0.25, 0.3) is 22.6 Å². The number of ether oxygens (including phenoxy) is 1. The molecule has 0 radical (unpaired) electrons. The lowest BCUT2D eigenvalue weighted by Gasteiger charge is -2.39. The van der Waals surface area contributed by atoms with Gasteiger partial charge in [0.05, 0.1) is 12.8 Å². The number of aromatic nitrogens is 5. The van der Waals surface area contributed by atoms with Crippen molar-refractivity contribution in [2.24, 2.45) is 17.3 Å². The molecule has 0 bridgehead atoms. The number of nitrogen functional groups attached to an aromatic ring is 1. The second-order valence-corrected chi connectivity index (χ2v) is 10.9. The van der Waals surface area contributed by atoms with E-state index in [9.17, 15) is 0 Å². The van der Waals surface area contributed by atoms with Gasteiger partial charge < -0.3 is 15.0 Å². The molecule has 10 heteroatoms. The van der Waals surface area contributed by atoms with E-state index in [0.717, 1.165) is 17.9 Å². The van der Waals surface area contributed by atoms with Crippen LogP contribution in [0.1, 0.15) is 47.0 Å². The molecule has 4 rings (SSSR count). The predicted octanol–water partition coefficient (Wildman–Crippen LogP) is 5.31. The smallest absolute Gasteiger partial charge is 0.199 e. The minimum Gasteiger partial charge on any atom is -0.490 e. The van der Waals surface area contributed by atoms with Gasteiger partial charge in [0.1, 0.15) is 11.0 Å². The van der Waals surface area contributed by atoms with Gasteiger partial charge in [0.2, 0.25) is 0 Å². The molecule has 0 spiro atoms. The highest BCUT2D eigenvalue weighted by atomic mass is 35.5. The van der Waals surface area contributed by atoms with Crippen molar-refractivity contribution in [3.63, 3.8) is 0 Å². The maximum Gasteiger partial charge on any atom is 0.199 e. The van der Waals surface area contributed by atoms with Crippen LogP contribution >= 0.6 is 23.4 Å².